The molecule has 0 fully saturated rings. The number of rotatable bonds is 14. The van der Waals surface area contributed by atoms with E-state index in [1.54, 1.807) is 0 Å². The molecule has 0 spiro atoms. The topological polar surface area (TPSA) is 59.8 Å². The average molecular weight is 693 g/mol. The van der Waals surface area contributed by atoms with Crippen molar-refractivity contribution in [3.63, 3.8) is 0 Å². The standard InChI is InChI=1S/C44H48N6O2/c1-33-9-11-39-41(45-33)42-40(12-10-34(2)46-42)44(52-32-8-6-22-50-29-19-38(20-30-50)36-15-25-48(4)26-16-36)43(39)51-31-7-5-21-49-27-17-37(18-28-49)35-13-23-47(3)24-14-35/h9-20,23-30H,5-8,21-22,31-32H2,1-4H3/q+4. The van der Waals surface area contributed by atoms with E-state index in [-0.39, 0.29) is 0 Å². The number of hydrogen-bond donors (Lipinski definition) is 0. The molecule has 6 aromatic heterocycles. The van der Waals surface area contributed by atoms with Gasteiger partial charge in [-0.3, -0.25) is 9.97 Å². The number of pyridine rings is 6. The first-order chi connectivity index (χ1) is 25.4. The van der Waals surface area contributed by atoms with Crippen LogP contribution in [0.1, 0.15) is 37.1 Å². The Morgan fingerprint density at radius 3 is 1.15 bits per heavy atom. The summed E-state index contributed by atoms with van der Waals surface area (Å²) in [5.74, 6) is 1.52. The zero-order valence-corrected chi connectivity index (χ0v) is 30.7. The predicted molar refractivity (Wildman–Crippen MR) is 202 cm³/mol. The second-order valence-electron chi connectivity index (χ2n) is 13.6. The van der Waals surface area contributed by atoms with Gasteiger partial charge in [-0.25, -0.2) is 18.3 Å². The van der Waals surface area contributed by atoms with Crippen LogP contribution in [0.3, 0.4) is 0 Å². The van der Waals surface area contributed by atoms with Crippen molar-refractivity contribution in [1.29, 1.82) is 0 Å². The number of fused-ring (bicyclic) bond motifs is 3. The highest BCUT2D eigenvalue weighted by molar-refractivity contribution is 6.10. The molecule has 0 atom stereocenters. The summed E-state index contributed by atoms with van der Waals surface area (Å²) in [6.45, 7) is 7.04. The van der Waals surface area contributed by atoms with E-state index in [0.29, 0.717) is 13.2 Å². The maximum Gasteiger partial charge on any atom is 0.171 e. The Kier molecular flexibility index (Phi) is 10.7. The first kappa shape index (κ1) is 34.7. The zero-order valence-electron chi connectivity index (χ0n) is 30.7. The Morgan fingerprint density at radius 2 is 0.788 bits per heavy atom. The van der Waals surface area contributed by atoms with Gasteiger partial charge >= 0.3 is 0 Å². The Labute approximate surface area is 306 Å². The first-order valence-corrected chi connectivity index (χ1v) is 18.3. The molecular weight excluding hydrogens is 645 g/mol. The molecule has 8 nitrogen and oxygen atoms in total. The summed E-state index contributed by atoms with van der Waals surface area (Å²) < 4.78 is 21.8. The smallest absolute Gasteiger partial charge is 0.171 e. The molecule has 0 saturated carbocycles. The first-order valence-electron chi connectivity index (χ1n) is 18.3. The SMILES string of the molecule is Cc1ccc2c(OCCCC[n+]3ccc(-c4cc[n+](C)cc4)cc3)c(OCCCC[n+]3ccc(-c4cc[n+](C)cc4)cc3)c3ccc(C)nc3c2n1. The van der Waals surface area contributed by atoms with Crippen LogP contribution >= 0.6 is 0 Å². The van der Waals surface area contributed by atoms with Gasteiger partial charge < -0.3 is 9.47 Å². The number of aromatic nitrogens is 6. The maximum absolute atomic E-state index is 6.62. The second-order valence-corrected chi connectivity index (χ2v) is 13.6. The van der Waals surface area contributed by atoms with E-state index in [4.69, 9.17) is 19.4 Å². The molecule has 0 saturated heterocycles. The highest BCUT2D eigenvalue weighted by atomic mass is 16.5. The third-order valence-corrected chi connectivity index (χ3v) is 9.51. The fourth-order valence-electron chi connectivity index (χ4n) is 6.50. The van der Waals surface area contributed by atoms with Crippen molar-refractivity contribution in [2.75, 3.05) is 13.2 Å². The predicted octanol–water partition coefficient (Wildman–Crippen LogP) is 6.68. The third-order valence-electron chi connectivity index (χ3n) is 9.51. The van der Waals surface area contributed by atoms with Crippen LogP contribution in [0.15, 0.2) is 122 Å². The Morgan fingerprint density at radius 1 is 0.442 bits per heavy atom. The summed E-state index contributed by atoms with van der Waals surface area (Å²) in [6, 6.07) is 25.6. The van der Waals surface area contributed by atoms with Gasteiger partial charge in [-0.05, 0) is 73.2 Å². The lowest BCUT2D eigenvalue weighted by Gasteiger charge is -2.18. The molecular formula is C44H48N6O2+4. The number of hydrogen-bond acceptors (Lipinski definition) is 4. The van der Waals surface area contributed by atoms with Gasteiger partial charge in [-0.1, -0.05) is 0 Å². The van der Waals surface area contributed by atoms with Crippen LogP contribution in [0.4, 0.5) is 0 Å². The molecule has 0 bridgehead atoms. The van der Waals surface area contributed by atoms with E-state index in [9.17, 15) is 0 Å². The molecule has 52 heavy (non-hydrogen) atoms. The number of aryl methyl sites for hydroxylation is 6. The van der Waals surface area contributed by atoms with E-state index in [1.807, 2.05) is 49.2 Å². The van der Waals surface area contributed by atoms with Crippen molar-refractivity contribution in [2.45, 2.75) is 52.6 Å². The lowest BCUT2D eigenvalue weighted by Crippen LogP contribution is -2.32. The highest BCUT2D eigenvalue weighted by Crippen LogP contribution is 2.43. The Bertz CT molecular complexity index is 2110. The zero-order chi connectivity index (χ0) is 35.9. The number of nitrogens with zero attached hydrogens (tertiary/aromatic N) is 6. The van der Waals surface area contributed by atoms with Crippen LogP contribution in [-0.2, 0) is 27.2 Å². The van der Waals surface area contributed by atoms with Crippen LogP contribution in [0.2, 0.25) is 0 Å². The van der Waals surface area contributed by atoms with Crippen molar-refractivity contribution < 1.29 is 27.7 Å². The Hall–Kier alpha value is -5.76. The molecule has 1 aromatic carbocycles. The minimum Gasteiger partial charge on any atom is -0.489 e. The van der Waals surface area contributed by atoms with Crippen LogP contribution in [-0.4, -0.2) is 23.2 Å². The molecule has 262 valence electrons. The van der Waals surface area contributed by atoms with Crippen molar-refractivity contribution in [3.05, 3.63) is 134 Å². The highest BCUT2D eigenvalue weighted by Gasteiger charge is 2.20. The second kappa shape index (κ2) is 16.1. The van der Waals surface area contributed by atoms with Gasteiger partial charge in [0.1, 0.15) is 38.2 Å². The van der Waals surface area contributed by atoms with E-state index in [0.717, 1.165) is 83.5 Å². The van der Waals surface area contributed by atoms with Crippen LogP contribution < -0.4 is 27.7 Å². The third kappa shape index (κ3) is 8.23. The summed E-state index contributed by atoms with van der Waals surface area (Å²) in [4.78, 5) is 9.86. The molecule has 0 unspecified atom stereocenters. The van der Waals surface area contributed by atoms with Gasteiger partial charge in [0.25, 0.3) is 0 Å². The van der Waals surface area contributed by atoms with Gasteiger partial charge in [-0.2, -0.15) is 0 Å². The normalized spacial score (nSPS) is 11.3. The fourth-order valence-corrected chi connectivity index (χ4v) is 6.50. The van der Waals surface area contributed by atoms with Crippen LogP contribution in [0.5, 0.6) is 11.5 Å². The average Bonchev–Trinajstić information content (AvgIpc) is 3.16. The van der Waals surface area contributed by atoms with Gasteiger partial charge in [-0.15, -0.1) is 0 Å². The van der Waals surface area contributed by atoms with E-state index in [1.165, 1.54) is 22.3 Å². The molecule has 0 aliphatic heterocycles. The van der Waals surface area contributed by atoms with Crippen molar-refractivity contribution in [1.82, 2.24) is 9.97 Å². The molecule has 0 aliphatic carbocycles. The van der Waals surface area contributed by atoms with Crippen molar-refractivity contribution in [2.24, 2.45) is 14.1 Å². The van der Waals surface area contributed by atoms with Gasteiger partial charge in [0, 0.05) is 83.5 Å². The lowest BCUT2D eigenvalue weighted by molar-refractivity contribution is -0.697. The van der Waals surface area contributed by atoms with E-state index in [2.05, 4.69) is 119 Å². The summed E-state index contributed by atoms with van der Waals surface area (Å²) in [5, 5.41) is 1.88. The van der Waals surface area contributed by atoms with Crippen molar-refractivity contribution in [3.8, 4) is 33.8 Å². The summed E-state index contributed by atoms with van der Waals surface area (Å²) in [5.41, 5.74) is 8.48. The van der Waals surface area contributed by atoms with Gasteiger partial charge in [0.05, 0.1) is 13.2 Å². The van der Waals surface area contributed by atoms with Crippen molar-refractivity contribution >= 4 is 21.8 Å². The van der Waals surface area contributed by atoms with E-state index < -0.39 is 0 Å². The van der Waals surface area contributed by atoms with Gasteiger partial charge in [0.2, 0.25) is 0 Å². The van der Waals surface area contributed by atoms with E-state index >= 15 is 0 Å². The number of benzene rings is 1. The molecule has 7 aromatic rings. The lowest BCUT2D eigenvalue weighted by atomic mass is 10.1. The summed E-state index contributed by atoms with van der Waals surface area (Å²) >= 11 is 0. The summed E-state index contributed by atoms with van der Waals surface area (Å²) in [6.07, 6.45) is 20.8. The van der Waals surface area contributed by atoms with Crippen LogP contribution in [0.25, 0.3) is 44.1 Å². The molecule has 8 heteroatoms. The number of ether oxygens (including phenoxy) is 2. The molecule has 0 aliphatic rings. The molecule has 6 heterocycles. The fraction of sp³-hybridized carbons (Fsp3) is 0.273. The minimum atomic E-state index is 0.581. The molecule has 0 radical (unpaired) electrons. The minimum absolute atomic E-state index is 0.581. The van der Waals surface area contributed by atoms with Gasteiger partial charge in [0.15, 0.2) is 61.1 Å². The largest absolute Gasteiger partial charge is 0.489 e. The number of unbranched alkanes of at least 4 members (excludes halogenated alkanes) is 2. The monoisotopic (exact) mass is 692 g/mol. The molecule has 0 amide bonds. The quantitative estimate of drug-likeness (QED) is 0.0726. The summed E-state index contributed by atoms with van der Waals surface area (Å²) in [7, 11) is 4.07. The molecule has 7 rings (SSSR count). The maximum atomic E-state index is 6.62. The molecule has 0 N–H and O–H groups in total. The van der Waals surface area contributed by atoms with Crippen LogP contribution in [0, 0.1) is 13.8 Å². The Balaban J connectivity index is 1.00.